The first-order valence-electron chi connectivity index (χ1n) is 16.1. The van der Waals surface area contributed by atoms with Crippen LogP contribution in [0.5, 0.6) is 0 Å². The van der Waals surface area contributed by atoms with E-state index in [0.29, 0.717) is 25.5 Å². The Labute approximate surface area is 288 Å². The lowest BCUT2D eigenvalue weighted by molar-refractivity contribution is -0.132. The Kier molecular flexibility index (Phi) is 10.8. The highest BCUT2D eigenvalue weighted by atomic mass is 79.9. The van der Waals surface area contributed by atoms with Crippen molar-refractivity contribution in [2.45, 2.75) is 90.6 Å². The van der Waals surface area contributed by atoms with Gasteiger partial charge in [0.05, 0.1) is 37.0 Å². The number of hydrogen-bond donors (Lipinski definition) is 0. The molecule has 1 amide bonds. The maximum absolute atomic E-state index is 12.4. The van der Waals surface area contributed by atoms with Gasteiger partial charge >= 0.3 is 11.9 Å². The minimum atomic E-state index is -0.535. The minimum Gasteiger partial charge on any atom is -0.458 e. The van der Waals surface area contributed by atoms with E-state index in [1.54, 1.807) is 35.6 Å². The molecule has 1 saturated carbocycles. The fourth-order valence-corrected chi connectivity index (χ4v) is 5.65. The number of hydrogen-bond acceptors (Lipinski definition) is 9. The average Bonchev–Trinajstić information content (AvgIpc) is 3.30. The molecule has 6 rings (SSSR count). The second-order valence-electron chi connectivity index (χ2n) is 13.6. The van der Waals surface area contributed by atoms with Crippen LogP contribution in [0.3, 0.4) is 0 Å². The molecule has 1 spiro atoms. The summed E-state index contributed by atoms with van der Waals surface area (Å²) in [4.78, 5) is 38.1. The standard InChI is InChI=1S/C20H24N4O3.C15H18BrN3O2/c1-14(2)27-18(25)17-13-24(22-21-17)12-16-5-3-15(4-6-16)11-23-10-9-20(7-8-20)19(23)26;1-15(2,3)21-14(20)13-10-19(18-17-13)9-12-6-4-11(8-16)5-7-12/h3-6,13-14H,7-12H2,1-2H3;4-7,10H,8-9H2,1-3H3. The van der Waals surface area contributed by atoms with Crippen LogP contribution in [0.4, 0.5) is 0 Å². The molecule has 2 aliphatic rings. The number of nitrogens with zero attached hydrogens (tertiary/aromatic N) is 7. The van der Waals surface area contributed by atoms with Gasteiger partial charge < -0.3 is 14.4 Å². The summed E-state index contributed by atoms with van der Waals surface area (Å²) in [5, 5.41) is 16.5. The summed E-state index contributed by atoms with van der Waals surface area (Å²) in [5.74, 6) is -0.589. The van der Waals surface area contributed by atoms with Crippen molar-refractivity contribution in [3.63, 3.8) is 0 Å². The predicted molar refractivity (Wildman–Crippen MR) is 181 cm³/mol. The van der Waals surface area contributed by atoms with Gasteiger partial charge in [-0.1, -0.05) is 74.9 Å². The highest BCUT2D eigenvalue weighted by molar-refractivity contribution is 9.08. The molecule has 4 aromatic rings. The molecule has 0 atom stereocenters. The van der Waals surface area contributed by atoms with Crippen molar-refractivity contribution >= 4 is 33.8 Å². The van der Waals surface area contributed by atoms with Crippen LogP contribution in [0.2, 0.25) is 0 Å². The summed E-state index contributed by atoms with van der Waals surface area (Å²) < 4.78 is 13.6. The molecule has 1 aliphatic carbocycles. The number of amides is 1. The fraction of sp³-hybridized carbons (Fsp3) is 0.457. The van der Waals surface area contributed by atoms with Gasteiger partial charge in [-0.3, -0.25) is 4.79 Å². The van der Waals surface area contributed by atoms with E-state index < -0.39 is 17.5 Å². The maximum atomic E-state index is 12.4. The molecule has 2 aromatic heterocycles. The Balaban J connectivity index is 0.000000194. The maximum Gasteiger partial charge on any atom is 0.361 e. The van der Waals surface area contributed by atoms with E-state index >= 15 is 0 Å². The number of esters is 2. The summed E-state index contributed by atoms with van der Waals surface area (Å²) in [6.07, 6.45) is 6.14. The van der Waals surface area contributed by atoms with E-state index in [-0.39, 0.29) is 22.9 Å². The number of aromatic nitrogens is 6. The third kappa shape index (κ3) is 9.36. The number of likely N-dealkylation sites (tertiary alicyclic amines) is 1. The molecule has 0 N–H and O–H groups in total. The second kappa shape index (κ2) is 14.8. The lowest BCUT2D eigenvalue weighted by Gasteiger charge is -2.18. The quantitative estimate of drug-likeness (QED) is 0.152. The van der Waals surface area contributed by atoms with Crippen LogP contribution in [0.1, 0.15) is 97.1 Å². The summed E-state index contributed by atoms with van der Waals surface area (Å²) >= 11 is 3.41. The van der Waals surface area contributed by atoms with Crippen LogP contribution < -0.4 is 0 Å². The van der Waals surface area contributed by atoms with E-state index in [2.05, 4.69) is 48.7 Å². The summed E-state index contributed by atoms with van der Waals surface area (Å²) in [7, 11) is 0. The normalized spacial score (nSPS) is 15.0. The van der Waals surface area contributed by atoms with Crippen molar-refractivity contribution < 1.29 is 23.9 Å². The van der Waals surface area contributed by atoms with Crippen molar-refractivity contribution in [3.8, 4) is 0 Å². The highest BCUT2D eigenvalue weighted by Gasteiger charge is 2.55. The third-order valence-corrected chi connectivity index (χ3v) is 8.60. The van der Waals surface area contributed by atoms with Crippen LogP contribution in [0, 0.1) is 5.41 Å². The van der Waals surface area contributed by atoms with E-state index in [0.717, 1.165) is 47.8 Å². The lowest BCUT2D eigenvalue weighted by atomic mass is 10.1. The summed E-state index contributed by atoms with van der Waals surface area (Å²) in [6, 6.07) is 16.3. The third-order valence-electron chi connectivity index (χ3n) is 7.95. The van der Waals surface area contributed by atoms with E-state index in [9.17, 15) is 14.4 Å². The minimum absolute atomic E-state index is 0.00145. The first-order chi connectivity index (χ1) is 22.8. The van der Waals surface area contributed by atoms with Crippen molar-refractivity contribution in [3.05, 3.63) is 94.6 Å². The fourth-order valence-electron chi connectivity index (χ4n) is 5.28. The van der Waals surface area contributed by atoms with E-state index in [1.165, 1.54) is 5.56 Å². The first-order valence-corrected chi connectivity index (χ1v) is 17.2. The second-order valence-corrected chi connectivity index (χ2v) is 14.1. The Morgan fingerprint density at radius 1 is 0.792 bits per heavy atom. The molecule has 12 nitrogen and oxygen atoms in total. The van der Waals surface area contributed by atoms with E-state index in [1.807, 2.05) is 62.1 Å². The topological polar surface area (TPSA) is 134 Å². The molecule has 0 bridgehead atoms. The van der Waals surface area contributed by atoms with Crippen LogP contribution in [-0.4, -0.2) is 71.0 Å². The molecule has 0 unspecified atom stereocenters. The number of rotatable bonds is 10. The van der Waals surface area contributed by atoms with Crippen LogP contribution >= 0.6 is 15.9 Å². The molecular weight excluding hydrogens is 678 g/mol. The van der Waals surface area contributed by atoms with Crippen molar-refractivity contribution in [2.75, 3.05) is 6.54 Å². The molecule has 3 heterocycles. The summed E-state index contributed by atoms with van der Waals surface area (Å²) in [6.45, 7) is 11.7. The number of carbonyl (C=O) groups is 3. The molecule has 2 fully saturated rings. The molecule has 13 heteroatoms. The smallest absolute Gasteiger partial charge is 0.361 e. The zero-order valence-electron chi connectivity index (χ0n) is 28.1. The van der Waals surface area contributed by atoms with Gasteiger partial charge in [-0.05, 0) is 76.1 Å². The van der Waals surface area contributed by atoms with Gasteiger partial charge in [0.25, 0.3) is 0 Å². The van der Waals surface area contributed by atoms with Gasteiger partial charge in [-0.15, -0.1) is 10.2 Å². The van der Waals surface area contributed by atoms with Gasteiger partial charge in [-0.25, -0.2) is 19.0 Å². The number of benzene rings is 2. The number of halogens is 1. The Morgan fingerprint density at radius 3 is 1.71 bits per heavy atom. The first kappa shape index (κ1) is 34.9. The number of alkyl halides is 1. The van der Waals surface area contributed by atoms with Crippen molar-refractivity contribution in [1.82, 2.24) is 34.9 Å². The van der Waals surface area contributed by atoms with Crippen LogP contribution in [0.25, 0.3) is 0 Å². The zero-order valence-corrected chi connectivity index (χ0v) is 29.6. The molecular formula is C35H42BrN7O5. The predicted octanol–water partition coefficient (Wildman–Crippen LogP) is 5.58. The number of ether oxygens (including phenoxy) is 2. The van der Waals surface area contributed by atoms with E-state index in [4.69, 9.17) is 9.47 Å². The van der Waals surface area contributed by atoms with Gasteiger partial charge in [0.1, 0.15) is 5.60 Å². The molecule has 0 radical (unpaired) electrons. The highest BCUT2D eigenvalue weighted by Crippen LogP contribution is 2.53. The average molecular weight is 721 g/mol. The Morgan fingerprint density at radius 2 is 1.27 bits per heavy atom. The molecule has 254 valence electrons. The SMILES string of the molecule is CC(C)(C)OC(=O)c1cn(Cc2ccc(CBr)cc2)nn1.CC(C)OC(=O)c1cn(Cc2ccc(CN3CCC4(CC4)C3=O)cc2)nn1. The van der Waals surface area contributed by atoms with Gasteiger partial charge in [-0.2, -0.15) is 0 Å². The Bertz CT molecular complexity index is 1720. The molecule has 48 heavy (non-hydrogen) atoms. The van der Waals surface area contributed by atoms with Crippen LogP contribution in [-0.2, 0) is 39.2 Å². The summed E-state index contributed by atoms with van der Waals surface area (Å²) in [5.41, 5.74) is 4.40. The van der Waals surface area contributed by atoms with Crippen molar-refractivity contribution in [2.24, 2.45) is 5.41 Å². The van der Waals surface area contributed by atoms with Crippen LogP contribution in [0.15, 0.2) is 60.9 Å². The molecule has 1 aliphatic heterocycles. The van der Waals surface area contributed by atoms with Gasteiger partial charge in [0, 0.05) is 18.4 Å². The zero-order chi connectivity index (χ0) is 34.5. The molecule has 2 aromatic carbocycles. The van der Waals surface area contributed by atoms with Gasteiger partial charge in [0.2, 0.25) is 5.91 Å². The monoisotopic (exact) mass is 719 g/mol. The Hall–Kier alpha value is -4.39. The van der Waals surface area contributed by atoms with Crippen molar-refractivity contribution in [1.29, 1.82) is 0 Å². The number of carbonyl (C=O) groups excluding carboxylic acids is 3. The van der Waals surface area contributed by atoms with Gasteiger partial charge in [0.15, 0.2) is 11.4 Å². The lowest BCUT2D eigenvalue weighted by Crippen LogP contribution is -2.27. The largest absolute Gasteiger partial charge is 0.458 e. The molecule has 1 saturated heterocycles.